The van der Waals surface area contributed by atoms with E-state index >= 15 is 0 Å². The van der Waals surface area contributed by atoms with Crippen LogP contribution in [0.4, 0.5) is 0 Å². The molecule has 1 heterocycles. The summed E-state index contributed by atoms with van der Waals surface area (Å²) in [5.74, 6) is 1.13. The normalized spacial score (nSPS) is 12.8. The Balaban J connectivity index is 2.24. The number of likely N-dealkylation sites (N-methyl/N-ethyl adjacent to an activating group) is 1. The molecule has 0 aliphatic heterocycles. The Morgan fingerprint density at radius 2 is 2.22 bits per heavy atom. The molecule has 3 heteroatoms. The van der Waals surface area contributed by atoms with E-state index in [4.69, 9.17) is 4.98 Å². The summed E-state index contributed by atoms with van der Waals surface area (Å²) >= 11 is 0. The predicted octanol–water partition coefficient (Wildman–Crippen LogP) is 2.67. The number of imidazole rings is 1. The number of para-hydroxylation sites is 2. The van der Waals surface area contributed by atoms with E-state index in [2.05, 4.69) is 48.6 Å². The summed E-state index contributed by atoms with van der Waals surface area (Å²) in [7, 11) is 2.08. The van der Waals surface area contributed by atoms with Crippen LogP contribution in [0.1, 0.15) is 19.2 Å². The van der Waals surface area contributed by atoms with E-state index in [1.54, 1.807) is 0 Å². The Labute approximate surface area is 109 Å². The molecule has 3 nitrogen and oxygen atoms in total. The molecule has 0 saturated heterocycles. The van der Waals surface area contributed by atoms with Crippen molar-refractivity contribution in [3.8, 4) is 0 Å². The van der Waals surface area contributed by atoms with Gasteiger partial charge in [-0.25, -0.2) is 4.98 Å². The van der Waals surface area contributed by atoms with Crippen molar-refractivity contribution in [1.82, 2.24) is 14.9 Å². The van der Waals surface area contributed by atoms with Crippen LogP contribution in [0.15, 0.2) is 36.9 Å². The SMILES string of the molecule is C=CCC(Cc1nc2ccccc2n1C)NCC. The molecule has 1 atom stereocenters. The Hall–Kier alpha value is -1.61. The van der Waals surface area contributed by atoms with Gasteiger partial charge < -0.3 is 9.88 Å². The third kappa shape index (κ3) is 2.62. The highest BCUT2D eigenvalue weighted by molar-refractivity contribution is 5.75. The van der Waals surface area contributed by atoms with Gasteiger partial charge in [0.1, 0.15) is 5.82 Å². The first-order valence-electron chi connectivity index (χ1n) is 6.50. The zero-order chi connectivity index (χ0) is 13.0. The average molecular weight is 243 g/mol. The standard InChI is InChI=1S/C15H21N3/c1-4-8-12(16-5-2)11-15-17-13-9-6-7-10-14(13)18(15)3/h4,6-7,9-10,12,16H,1,5,8,11H2,2-3H3. The van der Waals surface area contributed by atoms with Gasteiger partial charge in [-0.05, 0) is 25.1 Å². The summed E-state index contributed by atoms with van der Waals surface area (Å²) in [6.07, 6.45) is 3.87. The molecule has 0 amide bonds. The first kappa shape index (κ1) is 12.8. The van der Waals surface area contributed by atoms with E-state index in [-0.39, 0.29) is 0 Å². The summed E-state index contributed by atoms with van der Waals surface area (Å²) in [5, 5.41) is 3.48. The minimum Gasteiger partial charge on any atom is -0.331 e. The first-order chi connectivity index (χ1) is 8.76. The van der Waals surface area contributed by atoms with Crippen molar-refractivity contribution in [2.45, 2.75) is 25.8 Å². The van der Waals surface area contributed by atoms with Gasteiger partial charge >= 0.3 is 0 Å². The van der Waals surface area contributed by atoms with E-state index < -0.39 is 0 Å². The summed E-state index contributed by atoms with van der Waals surface area (Å²) < 4.78 is 2.18. The highest BCUT2D eigenvalue weighted by Gasteiger charge is 2.12. The van der Waals surface area contributed by atoms with E-state index in [9.17, 15) is 0 Å². The molecule has 18 heavy (non-hydrogen) atoms. The molecule has 0 spiro atoms. The lowest BCUT2D eigenvalue weighted by molar-refractivity contribution is 0.513. The smallest absolute Gasteiger partial charge is 0.111 e. The third-order valence-corrected chi connectivity index (χ3v) is 3.25. The van der Waals surface area contributed by atoms with Gasteiger partial charge in [0.15, 0.2) is 0 Å². The van der Waals surface area contributed by atoms with Crippen LogP contribution in [0, 0.1) is 0 Å². The summed E-state index contributed by atoms with van der Waals surface area (Å²) in [6.45, 7) is 6.93. The fourth-order valence-electron chi connectivity index (χ4n) is 2.33. The van der Waals surface area contributed by atoms with Gasteiger partial charge in [0, 0.05) is 19.5 Å². The lowest BCUT2D eigenvalue weighted by Crippen LogP contribution is -2.31. The molecule has 1 N–H and O–H groups in total. The second kappa shape index (κ2) is 5.83. The number of aromatic nitrogens is 2. The average Bonchev–Trinajstić information content (AvgIpc) is 2.68. The van der Waals surface area contributed by atoms with Crippen molar-refractivity contribution in [2.75, 3.05) is 6.54 Å². The number of aryl methyl sites for hydroxylation is 1. The number of rotatable bonds is 6. The van der Waals surface area contributed by atoms with E-state index in [0.29, 0.717) is 6.04 Å². The fraction of sp³-hybridized carbons (Fsp3) is 0.400. The van der Waals surface area contributed by atoms with Crippen molar-refractivity contribution < 1.29 is 0 Å². The molecular weight excluding hydrogens is 222 g/mol. The van der Waals surface area contributed by atoms with E-state index in [1.807, 2.05) is 12.1 Å². The monoisotopic (exact) mass is 243 g/mol. The molecular formula is C15H21N3. The van der Waals surface area contributed by atoms with Crippen LogP contribution >= 0.6 is 0 Å². The van der Waals surface area contributed by atoms with Gasteiger partial charge in [0.25, 0.3) is 0 Å². The molecule has 0 aliphatic carbocycles. The van der Waals surface area contributed by atoms with Crippen LogP contribution in [0.5, 0.6) is 0 Å². The molecule has 2 aromatic rings. The number of hydrogen-bond donors (Lipinski definition) is 1. The van der Waals surface area contributed by atoms with Crippen LogP contribution in [-0.4, -0.2) is 22.1 Å². The summed E-state index contributed by atoms with van der Waals surface area (Å²) in [4.78, 5) is 4.71. The maximum atomic E-state index is 4.71. The predicted molar refractivity (Wildman–Crippen MR) is 76.7 cm³/mol. The van der Waals surface area contributed by atoms with E-state index in [1.165, 1.54) is 5.52 Å². The number of fused-ring (bicyclic) bond motifs is 1. The Bertz CT molecular complexity index is 528. The van der Waals surface area contributed by atoms with Gasteiger partial charge in [-0.2, -0.15) is 0 Å². The van der Waals surface area contributed by atoms with Crippen molar-refractivity contribution in [3.63, 3.8) is 0 Å². The first-order valence-corrected chi connectivity index (χ1v) is 6.50. The lowest BCUT2D eigenvalue weighted by Gasteiger charge is -2.15. The number of hydrogen-bond acceptors (Lipinski definition) is 2. The quantitative estimate of drug-likeness (QED) is 0.791. The maximum Gasteiger partial charge on any atom is 0.111 e. The van der Waals surface area contributed by atoms with Crippen molar-refractivity contribution >= 4 is 11.0 Å². The van der Waals surface area contributed by atoms with Crippen LogP contribution in [0.3, 0.4) is 0 Å². The van der Waals surface area contributed by atoms with Gasteiger partial charge in [0.05, 0.1) is 11.0 Å². The second-order valence-corrected chi connectivity index (χ2v) is 4.56. The highest BCUT2D eigenvalue weighted by Crippen LogP contribution is 2.15. The van der Waals surface area contributed by atoms with Crippen LogP contribution in [0.25, 0.3) is 11.0 Å². The molecule has 0 saturated carbocycles. The van der Waals surface area contributed by atoms with Gasteiger partial charge in [-0.15, -0.1) is 6.58 Å². The van der Waals surface area contributed by atoms with Gasteiger partial charge in [0.2, 0.25) is 0 Å². The molecule has 1 aromatic heterocycles. The van der Waals surface area contributed by atoms with Crippen molar-refractivity contribution in [1.29, 1.82) is 0 Å². The molecule has 0 bridgehead atoms. The third-order valence-electron chi connectivity index (χ3n) is 3.25. The molecule has 0 aliphatic rings. The Morgan fingerprint density at radius 1 is 1.44 bits per heavy atom. The molecule has 0 fully saturated rings. The lowest BCUT2D eigenvalue weighted by atomic mass is 10.1. The van der Waals surface area contributed by atoms with Crippen LogP contribution < -0.4 is 5.32 Å². The fourth-order valence-corrected chi connectivity index (χ4v) is 2.33. The van der Waals surface area contributed by atoms with Crippen LogP contribution in [0.2, 0.25) is 0 Å². The van der Waals surface area contributed by atoms with Gasteiger partial charge in [-0.3, -0.25) is 0 Å². The number of benzene rings is 1. The van der Waals surface area contributed by atoms with Crippen molar-refractivity contribution in [3.05, 3.63) is 42.7 Å². The van der Waals surface area contributed by atoms with Crippen molar-refractivity contribution in [2.24, 2.45) is 7.05 Å². The zero-order valence-electron chi connectivity index (χ0n) is 11.2. The summed E-state index contributed by atoms with van der Waals surface area (Å²) in [6, 6.07) is 8.68. The molecule has 96 valence electrons. The second-order valence-electron chi connectivity index (χ2n) is 4.56. The van der Waals surface area contributed by atoms with E-state index in [0.717, 1.165) is 30.7 Å². The maximum absolute atomic E-state index is 4.71. The molecule has 1 aromatic carbocycles. The highest BCUT2D eigenvalue weighted by atomic mass is 15.1. The zero-order valence-corrected chi connectivity index (χ0v) is 11.2. The van der Waals surface area contributed by atoms with Gasteiger partial charge in [-0.1, -0.05) is 25.1 Å². The summed E-state index contributed by atoms with van der Waals surface area (Å²) in [5.41, 5.74) is 2.27. The Morgan fingerprint density at radius 3 is 2.89 bits per heavy atom. The minimum absolute atomic E-state index is 0.419. The minimum atomic E-state index is 0.419. The molecule has 0 radical (unpaired) electrons. The largest absolute Gasteiger partial charge is 0.331 e. The van der Waals surface area contributed by atoms with Crippen LogP contribution in [-0.2, 0) is 13.5 Å². The number of nitrogens with one attached hydrogen (secondary N) is 1. The number of nitrogens with zero attached hydrogens (tertiary/aromatic N) is 2. The topological polar surface area (TPSA) is 29.9 Å². The Kier molecular flexibility index (Phi) is 4.15. The molecule has 1 unspecified atom stereocenters. The molecule has 2 rings (SSSR count).